The van der Waals surface area contributed by atoms with Crippen LogP contribution in [0.4, 0.5) is 4.79 Å². The molecule has 1 aliphatic heterocycles. The number of rotatable bonds is 0. The van der Waals surface area contributed by atoms with Gasteiger partial charge in [-0.3, -0.25) is 4.79 Å². The second-order valence-corrected chi connectivity index (χ2v) is 6.51. The minimum absolute atomic E-state index is 0.00481. The van der Waals surface area contributed by atoms with Crippen molar-refractivity contribution in [2.24, 2.45) is 17.8 Å². The standard InChI is InChI=1S/C13H19NO3/c1-13(2,3)17-12(16)14-9-5-4-7-6-8(10(7)9)11(14)15/h7-10H,4-6H2,1-3H3. The Morgan fingerprint density at radius 1 is 1.35 bits per heavy atom. The van der Waals surface area contributed by atoms with E-state index in [0.717, 1.165) is 12.8 Å². The van der Waals surface area contributed by atoms with Crippen molar-refractivity contribution in [2.45, 2.75) is 51.7 Å². The number of carbonyl (C=O) groups is 2. The third kappa shape index (κ3) is 1.49. The van der Waals surface area contributed by atoms with Gasteiger partial charge in [-0.15, -0.1) is 0 Å². The summed E-state index contributed by atoms with van der Waals surface area (Å²) < 4.78 is 5.33. The molecule has 2 amide bonds. The van der Waals surface area contributed by atoms with Crippen molar-refractivity contribution in [3.05, 3.63) is 0 Å². The van der Waals surface area contributed by atoms with Crippen LogP contribution in [0.3, 0.4) is 0 Å². The van der Waals surface area contributed by atoms with Gasteiger partial charge in [-0.25, -0.2) is 9.69 Å². The Kier molecular flexibility index (Phi) is 2.11. The molecule has 0 bridgehead atoms. The molecule has 3 rings (SSSR count). The molecule has 0 radical (unpaired) electrons. The molecule has 0 N–H and O–H groups in total. The number of imide groups is 1. The van der Waals surface area contributed by atoms with Crippen molar-refractivity contribution < 1.29 is 14.3 Å². The lowest BCUT2D eigenvalue weighted by atomic mass is 9.67. The summed E-state index contributed by atoms with van der Waals surface area (Å²) in [5.74, 6) is 1.24. The van der Waals surface area contributed by atoms with E-state index in [9.17, 15) is 9.59 Å². The summed E-state index contributed by atoms with van der Waals surface area (Å²) in [6, 6.07) is 0.126. The van der Waals surface area contributed by atoms with Crippen molar-refractivity contribution in [3.8, 4) is 0 Å². The van der Waals surface area contributed by atoms with Crippen LogP contribution in [-0.2, 0) is 9.53 Å². The third-order valence-electron chi connectivity index (χ3n) is 4.32. The van der Waals surface area contributed by atoms with Gasteiger partial charge in [0.15, 0.2) is 0 Å². The van der Waals surface area contributed by atoms with Crippen LogP contribution in [0.1, 0.15) is 40.0 Å². The van der Waals surface area contributed by atoms with E-state index in [0.29, 0.717) is 11.8 Å². The highest BCUT2D eigenvalue weighted by molar-refractivity contribution is 5.97. The molecule has 2 saturated carbocycles. The zero-order valence-corrected chi connectivity index (χ0v) is 10.6. The van der Waals surface area contributed by atoms with Crippen molar-refractivity contribution >= 4 is 12.0 Å². The Morgan fingerprint density at radius 2 is 2.06 bits per heavy atom. The number of hydrogen-bond donors (Lipinski definition) is 0. The number of ether oxygens (including phenoxy) is 1. The minimum atomic E-state index is -0.531. The second kappa shape index (κ2) is 3.24. The van der Waals surface area contributed by atoms with Crippen LogP contribution in [-0.4, -0.2) is 28.5 Å². The fraction of sp³-hybridized carbons (Fsp3) is 0.846. The Hall–Kier alpha value is -1.06. The zero-order valence-electron chi connectivity index (χ0n) is 10.6. The SMILES string of the molecule is CC(C)(C)OC(=O)N1C(=O)C2CC3CCC1C32. The molecule has 0 aromatic heterocycles. The van der Waals surface area contributed by atoms with Gasteiger partial charge in [0.25, 0.3) is 0 Å². The highest BCUT2D eigenvalue weighted by atomic mass is 16.6. The molecule has 0 spiro atoms. The summed E-state index contributed by atoms with van der Waals surface area (Å²) in [5, 5.41) is 0. The first kappa shape index (κ1) is 11.1. The minimum Gasteiger partial charge on any atom is -0.443 e. The molecule has 94 valence electrons. The highest BCUT2D eigenvalue weighted by Crippen LogP contribution is 2.57. The third-order valence-corrected chi connectivity index (χ3v) is 4.32. The van der Waals surface area contributed by atoms with E-state index in [1.807, 2.05) is 20.8 Å². The first-order valence-corrected chi connectivity index (χ1v) is 6.44. The van der Waals surface area contributed by atoms with Crippen LogP contribution < -0.4 is 0 Å². The van der Waals surface area contributed by atoms with Gasteiger partial charge in [0.2, 0.25) is 5.91 Å². The quantitative estimate of drug-likeness (QED) is 0.648. The lowest BCUT2D eigenvalue weighted by Gasteiger charge is -2.34. The van der Waals surface area contributed by atoms with Crippen molar-refractivity contribution in [2.75, 3.05) is 0 Å². The van der Waals surface area contributed by atoms with Gasteiger partial charge in [0.05, 0.1) is 0 Å². The molecule has 0 aromatic carbocycles. The van der Waals surface area contributed by atoms with Gasteiger partial charge in [-0.2, -0.15) is 0 Å². The molecule has 17 heavy (non-hydrogen) atoms. The lowest BCUT2D eigenvalue weighted by molar-refractivity contribution is -0.134. The first-order chi connectivity index (χ1) is 7.88. The van der Waals surface area contributed by atoms with Crippen molar-refractivity contribution in [1.29, 1.82) is 0 Å². The predicted molar refractivity (Wildman–Crippen MR) is 61.2 cm³/mol. The van der Waals surface area contributed by atoms with Gasteiger partial charge in [0, 0.05) is 12.0 Å². The van der Waals surface area contributed by atoms with Crippen LogP contribution in [0.5, 0.6) is 0 Å². The van der Waals surface area contributed by atoms with Gasteiger partial charge >= 0.3 is 6.09 Å². The van der Waals surface area contributed by atoms with Crippen molar-refractivity contribution in [3.63, 3.8) is 0 Å². The van der Waals surface area contributed by atoms with Gasteiger partial charge in [0.1, 0.15) is 5.60 Å². The average Bonchev–Trinajstić information content (AvgIpc) is 2.47. The van der Waals surface area contributed by atoms with Crippen LogP contribution in [0.15, 0.2) is 0 Å². The summed E-state index contributed by atoms with van der Waals surface area (Å²) in [7, 11) is 0. The Balaban J connectivity index is 1.79. The average molecular weight is 237 g/mol. The number of likely N-dealkylation sites (tertiary alicyclic amines) is 1. The molecule has 4 unspecified atom stereocenters. The van der Waals surface area contributed by atoms with Gasteiger partial charge < -0.3 is 4.74 Å². The van der Waals surface area contributed by atoms with Crippen LogP contribution in [0.25, 0.3) is 0 Å². The first-order valence-electron chi connectivity index (χ1n) is 6.44. The van der Waals surface area contributed by atoms with Gasteiger partial charge in [-0.05, 0) is 51.9 Å². The maximum atomic E-state index is 12.1. The van der Waals surface area contributed by atoms with Crippen LogP contribution in [0, 0.1) is 17.8 Å². The van der Waals surface area contributed by atoms with E-state index in [2.05, 4.69) is 0 Å². The molecule has 3 fully saturated rings. The molecule has 4 nitrogen and oxygen atoms in total. The maximum Gasteiger partial charge on any atom is 0.417 e. The Morgan fingerprint density at radius 3 is 2.71 bits per heavy atom. The molecule has 4 atom stereocenters. The topological polar surface area (TPSA) is 46.6 Å². The van der Waals surface area contributed by atoms with Crippen LogP contribution in [0.2, 0.25) is 0 Å². The molecular formula is C13H19NO3. The normalized spacial score (nSPS) is 39.0. The lowest BCUT2D eigenvalue weighted by Crippen LogP contribution is -2.42. The summed E-state index contributed by atoms with van der Waals surface area (Å²) in [6.45, 7) is 5.49. The van der Waals surface area contributed by atoms with Crippen molar-refractivity contribution in [1.82, 2.24) is 4.90 Å². The molecule has 3 aliphatic rings. The number of hydrogen-bond acceptors (Lipinski definition) is 3. The van der Waals surface area contributed by atoms with E-state index in [4.69, 9.17) is 4.74 Å². The largest absolute Gasteiger partial charge is 0.443 e. The van der Waals surface area contributed by atoms with E-state index in [-0.39, 0.29) is 17.9 Å². The number of amides is 2. The summed E-state index contributed by atoms with van der Waals surface area (Å²) >= 11 is 0. The summed E-state index contributed by atoms with van der Waals surface area (Å²) in [5.41, 5.74) is -0.531. The smallest absolute Gasteiger partial charge is 0.417 e. The monoisotopic (exact) mass is 237 g/mol. The van der Waals surface area contributed by atoms with E-state index >= 15 is 0 Å². The summed E-state index contributed by atoms with van der Waals surface area (Å²) in [4.78, 5) is 25.6. The van der Waals surface area contributed by atoms with E-state index < -0.39 is 11.7 Å². The molecule has 0 aromatic rings. The predicted octanol–water partition coefficient (Wildman–Crippen LogP) is 2.18. The maximum absolute atomic E-state index is 12.1. The molecule has 1 heterocycles. The molecular weight excluding hydrogens is 218 g/mol. The van der Waals surface area contributed by atoms with Crippen LogP contribution >= 0.6 is 0 Å². The Labute approximate surface area is 101 Å². The second-order valence-electron chi connectivity index (χ2n) is 6.51. The molecule has 1 saturated heterocycles. The summed E-state index contributed by atoms with van der Waals surface area (Å²) in [6.07, 6.45) is 2.68. The fourth-order valence-electron chi connectivity index (χ4n) is 3.69. The Bertz CT molecular complexity index is 385. The van der Waals surface area contributed by atoms with E-state index in [1.54, 1.807) is 0 Å². The molecule has 4 heteroatoms. The number of nitrogens with zero attached hydrogens (tertiary/aromatic N) is 1. The van der Waals surface area contributed by atoms with E-state index in [1.165, 1.54) is 11.3 Å². The van der Waals surface area contributed by atoms with Gasteiger partial charge in [-0.1, -0.05) is 0 Å². The highest BCUT2D eigenvalue weighted by Gasteiger charge is 2.63. The zero-order chi connectivity index (χ0) is 12.4. The molecule has 2 aliphatic carbocycles. The number of carbonyl (C=O) groups excluding carboxylic acids is 2. The fourth-order valence-corrected chi connectivity index (χ4v) is 3.69.